The molecule has 3 aromatic carbocycles. The maximum Gasteiger partial charge on any atom is 0.247 e. The molecule has 0 spiro atoms. The number of amides is 2. The first kappa shape index (κ1) is 23.0. The fourth-order valence-electron chi connectivity index (χ4n) is 3.27. The minimum Gasteiger partial charge on any atom is -0.340 e. The maximum absolute atomic E-state index is 12.5. The fourth-order valence-corrected chi connectivity index (χ4v) is 3.92. The van der Waals surface area contributed by atoms with Crippen molar-refractivity contribution in [2.45, 2.75) is 12.1 Å². The lowest BCUT2D eigenvalue weighted by molar-refractivity contribution is -0.114. The highest BCUT2D eigenvalue weighted by molar-refractivity contribution is 7.99. The molecule has 8 heteroatoms. The molecule has 1 heterocycles. The number of carbonyl (C=O) groups is 2. The predicted molar refractivity (Wildman–Crippen MR) is 139 cm³/mol. The quantitative estimate of drug-likeness (QED) is 0.178. The number of hydrogen-bond acceptors (Lipinski definition) is 6. The van der Waals surface area contributed by atoms with Gasteiger partial charge in [0.15, 0.2) is 5.16 Å². The van der Waals surface area contributed by atoms with Crippen LogP contribution in [0.4, 0.5) is 22.9 Å². The third-order valence-electron chi connectivity index (χ3n) is 4.80. The molecule has 0 unspecified atom stereocenters. The summed E-state index contributed by atoms with van der Waals surface area (Å²) < 4.78 is 0. The van der Waals surface area contributed by atoms with Gasteiger partial charge in [-0.3, -0.25) is 9.59 Å². The molecule has 0 radical (unpaired) electrons. The smallest absolute Gasteiger partial charge is 0.247 e. The van der Waals surface area contributed by atoms with Crippen LogP contribution in [0.25, 0.3) is 10.9 Å². The number of rotatable bonds is 8. The first-order valence-corrected chi connectivity index (χ1v) is 11.6. The summed E-state index contributed by atoms with van der Waals surface area (Å²) in [7, 11) is 0. The number of carbonyl (C=O) groups excluding carboxylic acids is 2. The van der Waals surface area contributed by atoms with E-state index in [1.165, 1.54) is 17.8 Å². The number of para-hydroxylation sites is 1. The Balaban J connectivity index is 1.47. The Morgan fingerprint density at radius 3 is 2.44 bits per heavy atom. The molecule has 7 nitrogen and oxygen atoms in total. The van der Waals surface area contributed by atoms with Gasteiger partial charge in [-0.2, -0.15) is 0 Å². The van der Waals surface area contributed by atoms with Gasteiger partial charge in [0.05, 0.1) is 11.3 Å². The average Bonchev–Trinajstić information content (AvgIpc) is 2.83. The summed E-state index contributed by atoms with van der Waals surface area (Å²) in [5.74, 6) is 0.292. The van der Waals surface area contributed by atoms with Crippen LogP contribution in [0.2, 0.25) is 0 Å². The van der Waals surface area contributed by atoms with Crippen LogP contribution in [0.15, 0.2) is 90.6 Å². The molecular weight excluding hydrogens is 446 g/mol. The SMILES string of the molecule is C=CC(=O)Nc1cccc(NC(=O)CSc2nc(Nc3cccc(C)c3)c3ccccc3n2)c1. The van der Waals surface area contributed by atoms with E-state index in [9.17, 15) is 9.59 Å². The van der Waals surface area contributed by atoms with Gasteiger partial charge in [-0.15, -0.1) is 0 Å². The lowest BCUT2D eigenvalue weighted by atomic mass is 10.2. The van der Waals surface area contributed by atoms with Crippen LogP contribution in [0.1, 0.15) is 5.56 Å². The highest BCUT2D eigenvalue weighted by atomic mass is 32.2. The largest absolute Gasteiger partial charge is 0.340 e. The van der Waals surface area contributed by atoms with Crippen molar-refractivity contribution < 1.29 is 9.59 Å². The molecule has 0 aliphatic rings. The lowest BCUT2D eigenvalue weighted by Crippen LogP contribution is -2.15. The lowest BCUT2D eigenvalue weighted by Gasteiger charge is -2.11. The van der Waals surface area contributed by atoms with Crippen molar-refractivity contribution in [3.05, 3.63) is 91.0 Å². The molecule has 0 bridgehead atoms. The molecule has 0 saturated carbocycles. The van der Waals surface area contributed by atoms with E-state index in [2.05, 4.69) is 32.5 Å². The summed E-state index contributed by atoms with van der Waals surface area (Å²) >= 11 is 1.25. The minimum absolute atomic E-state index is 0.130. The van der Waals surface area contributed by atoms with E-state index in [-0.39, 0.29) is 17.6 Å². The topological polar surface area (TPSA) is 96.0 Å². The Kier molecular flexibility index (Phi) is 7.19. The fraction of sp³-hybridized carbons (Fsp3) is 0.0769. The maximum atomic E-state index is 12.5. The standard InChI is InChI=1S/C26H23N5O2S/c1-3-23(32)27-19-10-7-11-20(15-19)28-24(33)16-34-26-30-22-13-5-4-12-21(22)25(31-26)29-18-9-6-8-17(2)14-18/h3-15H,1,16H2,2H3,(H,27,32)(H,28,33)(H,29,30,31). The van der Waals surface area contributed by atoms with Gasteiger partial charge in [0.25, 0.3) is 0 Å². The molecule has 0 aliphatic heterocycles. The number of benzene rings is 3. The van der Waals surface area contributed by atoms with Crippen molar-refractivity contribution in [3.63, 3.8) is 0 Å². The molecular formula is C26H23N5O2S. The van der Waals surface area contributed by atoms with Crippen LogP contribution < -0.4 is 16.0 Å². The monoisotopic (exact) mass is 469 g/mol. The summed E-state index contributed by atoms with van der Waals surface area (Å²) in [5, 5.41) is 10.3. The van der Waals surface area contributed by atoms with Crippen molar-refractivity contribution in [2.24, 2.45) is 0 Å². The second-order valence-electron chi connectivity index (χ2n) is 7.48. The summed E-state index contributed by atoms with van der Waals surface area (Å²) in [4.78, 5) is 33.3. The Morgan fingerprint density at radius 1 is 0.912 bits per heavy atom. The normalized spacial score (nSPS) is 10.5. The number of thioether (sulfide) groups is 1. The molecule has 0 atom stereocenters. The van der Waals surface area contributed by atoms with Crippen molar-refractivity contribution in [1.82, 2.24) is 9.97 Å². The van der Waals surface area contributed by atoms with Crippen LogP contribution in [0, 0.1) is 6.92 Å². The second kappa shape index (κ2) is 10.6. The predicted octanol–water partition coefficient (Wildman–Crippen LogP) is 5.54. The molecule has 4 rings (SSSR count). The van der Waals surface area contributed by atoms with E-state index in [0.29, 0.717) is 22.3 Å². The number of nitrogens with zero attached hydrogens (tertiary/aromatic N) is 2. The van der Waals surface area contributed by atoms with Gasteiger partial charge >= 0.3 is 0 Å². The average molecular weight is 470 g/mol. The van der Waals surface area contributed by atoms with E-state index < -0.39 is 0 Å². The van der Waals surface area contributed by atoms with Gasteiger partial charge in [-0.1, -0.05) is 48.7 Å². The van der Waals surface area contributed by atoms with Gasteiger partial charge in [0, 0.05) is 22.4 Å². The van der Waals surface area contributed by atoms with Crippen molar-refractivity contribution >= 4 is 57.4 Å². The third kappa shape index (κ3) is 5.99. The van der Waals surface area contributed by atoms with Crippen LogP contribution in [0.5, 0.6) is 0 Å². The Morgan fingerprint density at radius 2 is 1.65 bits per heavy atom. The minimum atomic E-state index is -0.317. The Labute approximate surface area is 201 Å². The zero-order chi connectivity index (χ0) is 23.9. The van der Waals surface area contributed by atoms with Gasteiger partial charge in [-0.05, 0) is 61.0 Å². The molecule has 3 N–H and O–H groups in total. The number of hydrogen-bond donors (Lipinski definition) is 3. The second-order valence-corrected chi connectivity index (χ2v) is 8.42. The van der Waals surface area contributed by atoms with E-state index >= 15 is 0 Å². The van der Waals surface area contributed by atoms with Gasteiger partial charge in [0.1, 0.15) is 5.82 Å². The zero-order valence-electron chi connectivity index (χ0n) is 18.5. The number of fused-ring (bicyclic) bond motifs is 1. The number of aromatic nitrogens is 2. The van der Waals surface area contributed by atoms with Gasteiger partial charge < -0.3 is 16.0 Å². The molecule has 34 heavy (non-hydrogen) atoms. The van der Waals surface area contributed by atoms with Crippen LogP contribution in [-0.4, -0.2) is 27.5 Å². The highest BCUT2D eigenvalue weighted by Crippen LogP contribution is 2.27. The molecule has 0 saturated heterocycles. The molecule has 4 aromatic rings. The first-order chi connectivity index (χ1) is 16.5. The van der Waals surface area contributed by atoms with Crippen LogP contribution >= 0.6 is 11.8 Å². The van der Waals surface area contributed by atoms with Crippen molar-refractivity contribution in [2.75, 3.05) is 21.7 Å². The molecule has 0 fully saturated rings. The first-order valence-electron chi connectivity index (χ1n) is 10.6. The highest BCUT2D eigenvalue weighted by Gasteiger charge is 2.11. The number of nitrogens with one attached hydrogen (secondary N) is 3. The van der Waals surface area contributed by atoms with Gasteiger partial charge in [-0.25, -0.2) is 9.97 Å². The van der Waals surface area contributed by atoms with Crippen molar-refractivity contribution in [1.29, 1.82) is 0 Å². The number of aryl methyl sites for hydroxylation is 1. The molecule has 1 aromatic heterocycles. The van der Waals surface area contributed by atoms with E-state index in [4.69, 9.17) is 0 Å². The van der Waals surface area contributed by atoms with E-state index in [0.717, 1.165) is 22.2 Å². The molecule has 170 valence electrons. The van der Waals surface area contributed by atoms with E-state index in [1.807, 2.05) is 55.5 Å². The van der Waals surface area contributed by atoms with Crippen molar-refractivity contribution in [3.8, 4) is 0 Å². The Hall–Kier alpha value is -4.17. The van der Waals surface area contributed by atoms with Gasteiger partial charge in [0.2, 0.25) is 11.8 Å². The van der Waals surface area contributed by atoms with E-state index in [1.54, 1.807) is 24.3 Å². The molecule has 0 aliphatic carbocycles. The van der Waals surface area contributed by atoms with Crippen LogP contribution in [0.3, 0.4) is 0 Å². The summed E-state index contributed by atoms with van der Waals surface area (Å²) in [6.07, 6.45) is 1.19. The summed E-state index contributed by atoms with van der Waals surface area (Å²) in [5.41, 5.74) is 4.01. The number of anilines is 4. The molecule has 2 amide bonds. The summed E-state index contributed by atoms with van der Waals surface area (Å²) in [6.45, 7) is 5.47. The Bertz CT molecular complexity index is 1370. The summed E-state index contributed by atoms with van der Waals surface area (Å²) in [6, 6.07) is 22.7. The van der Waals surface area contributed by atoms with Crippen LogP contribution in [-0.2, 0) is 9.59 Å². The zero-order valence-corrected chi connectivity index (χ0v) is 19.4. The third-order valence-corrected chi connectivity index (χ3v) is 5.64.